The van der Waals surface area contributed by atoms with E-state index in [9.17, 15) is 4.79 Å². The number of methoxy groups -OCH3 is 1. The topological polar surface area (TPSA) is 49.8 Å². The molecule has 0 radical (unpaired) electrons. The first-order chi connectivity index (χ1) is 5.22. The number of ether oxygens (including phenoxy) is 1. The van der Waals surface area contributed by atoms with Crippen LogP contribution in [0.15, 0.2) is 0 Å². The number of carboxylic acid groups (broad SMARTS) is 1. The number of aliphatic carboxylic acids is 1. The van der Waals surface area contributed by atoms with Gasteiger partial charge in [-0.15, -0.1) is 0 Å². The van der Waals surface area contributed by atoms with Gasteiger partial charge in [0.1, 0.15) is 0 Å². The number of hydrogen-bond acceptors (Lipinski definition) is 3. The summed E-state index contributed by atoms with van der Waals surface area (Å²) in [7, 11) is 1.66. The van der Waals surface area contributed by atoms with Crippen molar-refractivity contribution in [1.82, 2.24) is 4.90 Å². The van der Waals surface area contributed by atoms with Crippen LogP contribution < -0.4 is 0 Å². The van der Waals surface area contributed by atoms with Crippen LogP contribution in [0.5, 0.6) is 0 Å². The van der Waals surface area contributed by atoms with E-state index < -0.39 is 5.97 Å². The molecule has 1 aliphatic heterocycles. The van der Waals surface area contributed by atoms with Crippen molar-refractivity contribution in [2.45, 2.75) is 12.5 Å². The molecule has 0 saturated carbocycles. The van der Waals surface area contributed by atoms with Crippen LogP contribution in [0.3, 0.4) is 0 Å². The van der Waals surface area contributed by atoms with E-state index in [1.165, 1.54) is 0 Å². The summed E-state index contributed by atoms with van der Waals surface area (Å²) in [6.45, 7) is 1.73. The van der Waals surface area contributed by atoms with Gasteiger partial charge in [-0.05, 0) is 6.42 Å². The number of carbonyl (C=O) groups is 1. The predicted octanol–water partition coefficient (Wildman–Crippen LogP) is -0.208. The lowest BCUT2D eigenvalue weighted by Crippen LogP contribution is -2.28. The fourth-order valence-electron chi connectivity index (χ4n) is 1.32. The summed E-state index contributed by atoms with van der Waals surface area (Å²) < 4.78 is 5.09. The fraction of sp³-hybridized carbons (Fsp3) is 0.857. The highest BCUT2D eigenvalue weighted by Crippen LogP contribution is 2.10. The molecule has 0 aromatic rings. The molecule has 1 aliphatic rings. The molecule has 4 nitrogen and oxygen atoms in total. The molecule has 0 aromatic carbocycles. The van der Waals surface area contributed by atoms with Crippen LogP contribution in [0.25, 0.3) is 0 Å². The highest BCUT2D eigenvalue weighted by atomic mass is 16.5. The van der Waals surface area contributed by atoms with Crippen LogP contribution in [0.2, 0.25) is 0 Å². The maximum absolute atomic E-state index is 10.3. The van der Waals surface area contributed by atoms with Crippen molar-refractivity contribution in [2.24, 2.45) is 0 Å². The van der Waals surface area contributed by atoms with Gasteiger partial charge in [0, 0.05) is 20.2 Å². The monoisotopic (exact) mass is 159 g/mol. The average molecular weight is 159 g/mol. The second kappa shape index (κ2) is 3.69. The zero-order chi connectivity index (χ0) is 8.27. The van der Waals surface area contributed by atoms with Gasteiger partial charge in [-0.3, -0.25) is 9.69 Å². The molecule has 0 aliphatic carbocycles. The number of nitrogens with zero attached hydrogens (tertiary/aromatic N) is 1. The van der Waals surface area contributed by atoms with Gasteiger partial charge >= 0.3 is 5.97 Å². The summed E-state index contributed by atoms with van der Waals surface area (Å²) in [5.74, 6) is -0.762. The molecule has 11 heavy (non-hydrogen) atoms. The Balaban J connectivity index is 2.24. The largest absolute Gasteiger partial charge is 0.480 e. The molecule has 0 spiro atoms. The molecular formula is C7H13NO3. The lowest BCUT2D eigenvalue weighted by Gasteiger charge is -2.11. The molecule has 1 fully saturated rings. The second-order valence-electron chi connectivity index (χ2n) is 2.78. The first-order valence-electron chi connectivity index (χ1n) is 3.69. The molecule has 1 heterocycles. The van der Waals surface area contributed by atoms with Crippen LogP contribution in [0.4, 0.5) is 0 Å². The molecule has 0 bridgehead atoms. The van der Waals surface area contributed by atoms with E-state index in [2.05, 4.69) is 0 Å². The van der Waals surface area contributed by atoms with Crippen LogP contribution in [0, 0.1) is 0 Å². The number of rotatable bonds is 3. The third-order valence-electron chi connectivity index (χ3n) is 1.92. The molecule has 1 N–H and O–H groups in total. The smallest absolute Gasteiger partial charge is 0.317 e. The zero-order valence-corrected chi connectivity index (χ0v) is 6.62. The summed E-state index contributed by atoms with van der Waals surface area (Å²) in [5.41, 5.74) is 0. The van der Waals surface area contributed by atoms with Gasteiger partial charge in [0.05, 0.1) is 12.6 Å². The highest BCUT2D eigenvalue weighted by molar-refractivity contribution is 5.69. The van der Waals surface area contributed by atoms with E-state index in [0.717, 1.165) is 19.5 Å². The highest BCUT2D eigenvalue weighted by Gasteiger charge is 2.22. The molecule has 64 valence electrons. The summed E-state index contributed by atoms with van der Waals surface area (Å²) in [6.07, 6.45) is 1.18. The number of carboxylic acids is 1. The number of likely N-dealkylation sites (tertiary alicyclic amines) is 1. The molecule has 4 heteroatoms. The third-order valence-corrected chi connectivity index (χ3v) is 1.92. The fourth-order valence-corrected chi connectivity index (χ4v) is 1.32. The summed E-state index contributed by atoms with van der Waals surface area (Å²) in [5, 5.41) is 8.45. The van der Waals surface area contributed by atoms with E-state index in [-0.39, 0.29) is 12.6 Å². The number of hydrogen-bond donors (Lipinski definition) is 1. The Labute approximate surface area is 65.8 Å². The van der Waals surface area contributed by atoms with Crippen molar-refractivity contribution in [2.75, 3.05) is 26.7 Å². The van der Waals surface area contributed by atoms with Crippen LogP contribution in [-0.2, 0) is 9.53 Å². The standard InChI is InChI=1S/C7H13NO3/c1-11-6-2-3-8(4-6)5-7(9)10/h6H,2-5H2,1H3,(H,9,10)/t6-/m0/s1. The van der Waals surface area contributed by atoms with Gasteiger partial charge < -0.3 is 9.84 Å². The van der Waals surface area contributed by atoms with Gasteiger partial charge in [-0.2, -0.15) is 0 Å². The van der Waals surface area contributed by atoms with E-state index in [1.54, 1.807) is 7.11 Å². The Morgan fingerprint density at radius 2 is 2.55 bits per heavy atom. The van der Waals surface area contributed by atoms with Gasteiger partial charge in [-0.25, -0.2) is 0 Å². The van der Waals surface area contributed by atoms with Crippen LogP contribution in [0.1, 0.15) is 6.42 Å². The predicted molar refractivity (Wildman–Crippen MR) is 39.5 cm³/mol. The maximum Gasteiger partial charge on any atom is 0.317 e. The van der Waals surface area contributed by atoms with E-state index in [0.29, 0.717) is 0 Å². The zero-order valence-electron chi connectivity index (χ0n) is 6.62. The first-order valence-corrected chi connectivity index (χ1v) is 3.69. The summed E-state index contributed by atoms with van der Waals surface area (Å²) in [6, 6.07) is 0. The minimum Gasteiger partial charge on any atom is -0.480 e. The van der Waals surface area contributed by atoms with Crippen LogP contribution in [-0.4, -0.2) is 48.8 Å². The SMILES string of the molecule is CO[C@H]1CCN(CC(=O)O)C1. The first kappa shape index (κ1) is 8.49. The Bertz CT molecular complexity index is 149. The maximum atomic E-state index is 10.3. The van der Waals surface area contributed by atoms with Crippen molar-refractivity contribution in [1.29, 1.82) is 0 Å². The average Bonchev–Trinajstić information content (AvgIpc) is 2.34. The van der Waals surface area contributed by atoms with E-state index in [1.807, 2.05) is 4.90 Å². The van der Waals surface area contributed by atoms with Crippen molar-refractivity contribution >= 4 is 5.97 Å². The van der Waals surface area contributed by atoms with Gasteiger partial charge in [0.25, 0.3) is 0 Å². The minimum absolute atomic E-state index is 0.139. The lowest BCUT2D eigenvalue weighted by atomic mass is 10.3. The van der Waals surface area contributed by atoms with Gasteiger partial charge in [0.15, 0.2) is 0 Å². The van der Waals surface area contributed by atoms with E-state index in [4.69, 9.17) is 9.84 Å². The third kappa shape index (κ3) is 2.48. The molecule has 0 amide bonds. The van der Waals surface area contributed by atoms with Gasteiger partial charge in [0.2, 0.25) is 0 Å². The molecule has 1 atom stereocenters. The quantitative estimate of drug-likeness (QED) is 0.619. The Morgan fingerprint density at radius 3 is 3.00 bits per heavy atom. The Morgan fingerprint density at radius 1 is 1.82 bits per heavy atom. The normalized spacial score (nSPS) is 25.7. The molecule has 0 aromatic heterocycles. The Kier molecular flexibility index (Phi) is 2.84. The lowest BCUT2D eigenvalue weighted by molar-refractivity contribution is -0.138. The molecular weight excluding hydrogens is 146 g/mol. The van der Waals surface area contributed by atoms with Crippen LogP contribution >= 0.6 is 0 Å². The second-order valence-corrected chi connectivity index (χ2v) is 2.78. The minimum atomic E-state index is -0.762. The summed E-state index contributed by atoms with van der Waals surface area (Å²) >= 11 is 0. The van der Waals surface area contributed by atoms with Crippen molar-refractivity contribution < 1.29 is 14.6 Å². The van der Waals surface area contributed by atoms with Crippen molar-refractivity contribution in [3.63, 3.8) is 0 Å². The Hall–Kier alpha value is -0.610. The van der Waals surface area contributed by atoms with Crippen molar-refractivity contribution in [3.8, 4) is 0 Å². The van der Waals surface area contributed by atoms with E-state index >= 15 is 0 Å². The summed E-state index contributed by atoms with van der Waals surface area (Å²) in [4.78, 5) is 12.2. The molecule has 1 saturated heterocycles. The van der Waals surface area contributed by atoms with Gasteiger partial charge in [-0.1, -0.05) is 0 Å². The molecule has 1 rings (SSSR count). The molecule has 0 unspecified atom stereocenters. The van der Waals surface area contributed by atoms with Crippen molar-refractivity contribution in [3.05, 3.63) is 0 Å².